The lowest BCUT2D eigenvalue weighted by atomic mass is 9.93. The van der Waals surface area contributed by atoms with Crippen molar-refractivity contribution in [1.82, 2.24) is 20.2 Å². The van der Waals surface area contributed by atoms with Gasteiger partial charge in [-0.3, -0.25) is 14.7 Å². The van der Waals surface area contributed by atoms with Crippen LogP contribution in [0.1, 0.15) is 16.1 Å². The van der Waals surface area contributed by atoms with Crippen molar-refractivity contribution in [2.45, 2.75) is 12.6 Å². The van der Waals surface area contributed by atoms with Crippen molar-refractivity contribution in [3.8, 4) is 0 Å². The third-order valence-corrected chi connectivity index (χ3v) is 5.15. The Bertz CT molecular complexity index is 756. The molecule has 136 valence electrons. The predicted octanol–water partition coefficient (Wildman–Crippen LogP) is 1.49. The molecule has 1 aromatic heterocycles. The highest BCUT2D eigenvalue weighted by atomic mass is 19.1. The molecule has 2 fully saturated rings. The first-order chi connectivity index (χ1) is 12.7. The fourth-order valence-corrected chi connectivity index (χ4v) is 3.80. The van der Waals surface area contributed by atoms with E-state index in [0.717, 1.165) is 25.2 Å². The standard InChI is InChI=1S/C19H21FN4O2/c20-15-3-1-13(2-4-15)9-24-10-16-14(12-26-18(16)11-24)7-23-19(25)17-8-21-5-6-22-17/h1-6,8,14,16,18H,7,9-12H2,(H,23,25)/t14-,16+,18+/m1/s1. The van der Waals surface area contributed by atoms with E-state index >= 15 is 0 Å². The predicted molar refractivity (Wildman–Crippen MR) is 92.8 cm³/mol. The van der Waals surface area contributed by atoms with Gasteiger partial charge in [0.05, 0.1) is 18.9 Å². The van der Waals surface area contributed by atoms with Crippen LogP contribution in [0.3, 0.4) is 0 Å². The van der Waals surface area contributed by atoms with Crippen molar-refractivity contribution in [3.05, 3.63) is 59.9 Å². The second-order valence-corrected chi connectivity index (χ2v) is 6.92. The number of carbonyl (C=O) groups is 1. The summed E-state index contributed by atoms with van der Waals surface area (Å²) in [5, 5.41) is 2.94. The molecular weight excluding hydrogens is 335 g/mol. The van der Waals surface area contributed by atoms with Gasteiger partial charge in [-0.15, -0.1) is 0 Å². The molecule has 2 aliphatic rings. The number of carbonyl (C=O) groups excluding carboxylic acids is 1. The van der Waals surface area contributed by atoms with Crippen LogP contribution < -0.4 is 5.32 Å². The zero-order valence-electron chi connectivity index (χ0n) is 14.3. The van der Waals surface area contributed by atoms with E-state index in [-0.39, 0.29) is 17.8 Å². The highest BCUT2D eigenvalue weighted by Crippen LogP contribution is 2.34. The van der Waals surface area contributed by atoms with Crippen LogP contribution in [0.25, 0.3) is 0 Å². The lowest BCUT2D eigenvalue weighted by Crippen LogP contribution is -2.34. The zero-order chi connectivity index (χ0) is 17.9. The molecule has 7 heteroatoms. The maximum atomic E-state index is 13.0. The minimum atomic E-state index is -0.214. The summed E-state index contributed by atoms with van der Waals surface area (Å²) in [5.41, 5.74) is 1.42. The summed E-state index contributed by atoms with van der Waals surface area (Å²) < 4.78 is 19.0. The molecule has 2 aliphatic heterocycles. The number of aromatic nitrogens is 2. The Hall–Kier alpha value is -2.38. The number of likely N-dealkylation sites (tertiary alicyclic amines) is 1. The van der Waals surface area contributed by atoms with Crippen LogP contribution in [0.2, 0.25) is 0 Å². The van der Waals surface area contributed by atoms with Crippen LogP contribution in [0.4, 0.5) is 4.39 Å². The normalized spacial score (nSPS) is 25.2. The third-order valence-electron chi connectivity index (χ3n) is 5.15. The molecule has 0 spiro atoms. The number of fused-ring (bicyclic) bond motifs is 1. The Morgan fingerprint density at radius 3 is 2.88 bits per heavy atom. The first kappa shape index (κ1) is 17.1. The van der Waals surface area contributed by atoms with Crippen molar-refractivity contribution in [1.29, 1.82) is 0 Å². The Morgan fingerprint density at radius 1 is 1.27 bits per heavy atom. The number of ether oxygens (including phenoxy) is 1. The van der Waals surface area contributed by atoms with E-state index in [1.54, 1.807) is 6.20 Å². The fourth-order valence-electron chi connectivity index (χ4n) is 3.80. The van der Waals surface area contributed by atoms with Gasteiger partial charge in [0.25, 0.3) is 5.91 Å². The third kappa shape index (κ3) is 3.73. The van der Waals surface area contributed by atoms with Gasteiger partial charge >= 0.3 is 0 Å². The molecule has 1 N–H and O–H groups in total. The Morgan fingerprint density at radius 2 is 2.12 bits per heavy atom. The van der Waals surface area contributed by atoms with Gasteiger partial charge < -0.3 is 10.1 Å². The van der Waals surface area contributed by atoms with E-state index in [1.165, 1.54) is 24.5 Å². The topological polar surface area (TPSA) is 67.3 Å². The summed E-state index contributed by atoms with van der Waals surface area (Å²) in [7, 11) is 0. The second-order valence-electron chi connectivity index (χ2n) is 6.92. The van der Waals surface area contributed by atoms with Gasteiger partial charge in [-0.05, 0) is 17.7 Å². The number of rotatable bonds is 5. The van der Waals surface area contributed by atoms with Gasteiger partial charge in [0.15, 0.2) is 0 Å². The molecule has 0 bridgehead atoms. The summed E-state index contributed by atoms with van der Waals surface area (Å²) in [5.74, 6) is 0.272. The number of benzene rings is 1. The molecule has 3 heterocycles. The number of hydrogen-bond acceptors (Lipinski definition) is 5. The molecule has 2 aromatic rings. The summed E-state index contributed by atoms with van der Waals surface area (Å²) in [6, 6.07) is 6.63. The number of hydrogen-bond donors (Lipinski definition) is 1. The van der Waals surface area contributed by atoms with Crippen molar-refractivity contribution in [3.63, 3.8) is 0 Å². The van der Waals surface area contributed by atoms with E-state index in [4.69, 9.17) is 4.74 Å². The van der Waals surface area contributed by atoms with Crippen LogP contribution in [-0.2, 0) is 11.3 Å². The number of nitrogens with zero attached hydrogens (tertiary/aromatic N) is 3. The summed E-state index contributed by atoms with van der Waals surface area (Å²) in [6.45, 7) is 3.82. The minimum absolute atomic E-state index is 0.203. The highest BCUT2D eigenvalue weighted by molar-refractivity contribution is 5.91. The number of amides is 1. The van der Waals surface area contributed by atoms with Gasteiger partial charge in [0.2, 0.25) is 0 Å². The summed E-state index contributed by atoms with van der Waals surface area (Å²) >= 11 is 0. The first-order valence-electron chi connectivity index (χ1n) is 8.81. The summed E-state index contributed by atoms with van der Waals surface area (Å²) in [6.07, 6.45) is 4.71. The van der Waals surface area contributed by atoms with E-state index in [1.807, 2.05) is 12.1 Å². The average Bonchev–Trinajstić information content (AvgIpc) is 3.23. The largest absolute Gasteiger partial charge is 0.376 e. The molecule has 3 atom stereocenters. The molecule has 0 saturated carbocycles. The van der Waals surface area contributed by atoms with Gasteiger partial charge in [-0.25, -0.2) is 9.37 Å². The Labute approximate surface area is 151 Å². The molecule has 0 radical (unpaired) electrons. The Kier molecular flexibility index (Phi) is 4.90. The van der Waals surface area contributed by atoms with Crippen LogP contribution in [-0.4, -0.2) is 53.1 Å². The van der Waals surface area contributed by atoms with E-state index in [2.05, 4.69) is 20.2 Å². The van der Waals surface area contributed by atoms with E-state index in [9.17, 15) is 9.18 Å². The van der Waals surface area contributed by atoms with Gasteiger partial charge in [-0.2, -0.15) is 0 Å². The Balaban J connectivity index is 1.30. The number of halogens is 1. The van der Waals surface area contributed by atoms with Crippen molar-refractivity contribution in [2.75, 3.05) is 26.2 Å². The van der Waals surface area contributed by atoms with Gasteiger partial charge in [-0.1, -0.05) is 12.1 Å². The smallest absolute Gasteiger partial charge is 0.271 e. The quantitative estimate of drug-likeness (QED) is 0.879. The monoisotopic (exact) mass is 356 g/mol. The molecule has 1 aromatic carbocycles. The lowest BCUT2D eigenvalue weighted by Gasteiger charge is -2.20. The SMILES string of the molecule is O=C(NC[C@@H]1CO[C@H]2CN(Cc3ccc(F)cc3)C[C@@H]12)c1cnccn1. The van der Waals surface area contributed by atoms with E-state index < -0.39 is 0 Å². The van der Waals surface area contributed by atoms with Crippen LogP contribution in [0, 0.1) is 17.7 Å². The zero-order valence-corrected chi connectivity index (χ0v) is 14.3. The molecule has 0 unspecified atom stereocenters. The molecular formula is C19H21FN4O2. The van der Waals surface area contributed by atoms with Gasteiger partial charge in [0, 0.05) is 50.4 Å². The lowest BCUT2D eigenvalue weighted by molar-refractivity contribution is 0.0901. The van der Waals surface area contributed by atoms with Crippen LogP contribution >= 0.6 is 0 Å². The fraction of sp³-hybridized carbons (Fsp3) is 0.421. The molecule has 4 rings (SSSR count). The van der Waals surface area contributed by atoms with Crippen molar-refractivity contribution < 1.29 is 13.9 Å². The van der Waals surface area contributed by atoms with Gasteiger partial charge in [0.1, 0.15) is 11.5 Å². The second kappa shape index (κ2) is 7.47. The molecule has 0 aliphatic carbocycles. The average molecular weight is 356 g/mol. The van der Waals surface area contributed by atoms with Crippen LogP contribution in [0.5, 0.6) is 0 Å². The summed E-state index contributed by atoms with van der Waals surface area (Å²) in [4.78, 5) is 22.4. The molecule has 6 nitrogen and oxygen atoms in total. The minimum Gasteiger partial charge on any atom is -0.376 e. The van der Waals surface area contributed by atoms with Crippen molar-refractivity contribution >= 4 is 5.91 Å². The maximum Gasteiger partial charge on any atom is 0.271 e. The van der Waals surface area contributed by atoms with Crippen LogP contribution in [0.15, 0.2) is 42.9 Å². The molecule has 26 heavy (non-hydrogen) atoms. The highest BCUT2D eigenvalue weighted by Gasteiger charge is 2.43. The van der Waals surface area contributed by atoms with Crippen molar-refractivity contribution in [2.24, 2.45) is 11.8 Å². The number of nitrogens with one attached hydrogen (secondary N) is 1. The molecule has 1 amide bonds. The maximum absolute atomic E-state index is 13.0. The molecule has 2 saturated heterocycles. The first-order valence-corrected chi connectivity index (χ1v) is 8.81. The van der Waals surface area contributed by atoms with E-state index in [0.29, 0.717) is 30.7 Å².